The highest BCUT2D eigenvalue weighted by Gasteiger charge is 2.22. The second-order valence-electron chi connectivity index (χ2n) is 2.97. The second kappa shape index (κ2) is 5.41. The Bertz CT molecular complexity index is 413. The molecular weight excluding hydrogens is 263 g/mol. The lowest BCUT2D eigenvalue weighted by Gasteiger charge is -2.12. The number of hydrogen-bond donors (Lipinski definition) is 1. The van der Waals surface area contributed by atoms with Crippen LogP contribution in [-0.2, 0) is 17.1 Å². The highest BCUT2D eigenvalue weighted by molar-refractivity contribution is 6.30. The first-order valence-corrected chi connectivity index (χ1v) is 5.10. The number of rotatable bonds is 4. The third-order valence-corrected chi connectivity index (χ3v) is 2.56. The van der Waals surface area contributed by atoms with E-state index in [0.29, 0.717) is 0 Å². The molecule has 0 bridgehead atoms. The lowest BCUT2D eigenvalue weighted by molar-refractivity contribution is -0.136. The number of hydrogen-bond acceptors (Lipinski definition) is 2. The molecule has 0 fully saturated rings. The van der Waals surface area contributed by atoms with E-state index in [1.165, 1.54) is 0 Å². The van der Waals surface area contributed by atoms with Crippen molar-refractivity contribution >= 4 is 29.2 Å². The minimum atomic E-state index is -2.83. The molecule has 16 heavy (non-hydrogen) atoms. The van der Waals surface area contributed by atoms with Crippen LogP contribution in [0, 0.1) is 0 Å². The van der Waals surface area contributed by atoms with Gasteiger partial charge in [0.25, 0.3) is 6.43 Å². The summed E-state index contributed by atoms with van der Waals surface area (Å²) in [5.41, 5.74) is -0.517. The Morgan fingerprint density at radius 2 is 2.19 bits per heavy atom. The van der Waals surface area contributed by atoms with Crippen molar-refractivity contribution in [3.05, 3.63) is 28.0 Å². The van der Waals surface area contributed by atoms with E-state index in [-0.39, 0.29) is 22.2 Å². The van der Waals surface area contributed by atoms with Gasteiger partial charge in [0.15, 0.2) is 0 Å². The molecule has 1 heterocycles. The zero-order chi connectivity index (χ0) is 12.3. The number of halogens is 4. The van der Waals surface area contributed by atoms with E-state index in [2.05, 4.69) is 4.98 Å². The number of carboxylic acid groups (broad SMARTS) is 1. The first-order chi connectivity index (χ1) is 7.47. The highest BCUT2D eigenvalue weighted by Crippen LogP contribution is 2.31. The first kappa shape index (κ1) is 13.1. The van der Waals surface area contributed by atoms with Crippen LogP contribution < -0.4 is 0 Å². The molecule has 88 valence electrons. The molecule has 0 atom stereocenters. The standard InChI is InChI=1S/C9H7Cl2F2NO2/c10-2-4-3-14-8(11)5(1-6(15)16)7(4)9(12)13/h3,9H,1-2H2,(H,15,16). The van der Waals surface area contributed by atoms with Crippen molar-refractivity contribution in [3.63, 3.8) is 0 Å². The molecule has 7 heteroatoms. The second-order valence-corrected chi connectivity index (χ2v) is 3.60. The Labute approximate surface area is 100 Å². The van der Waals surface area contributed by atoms with Gasteiger partial charge < -0.3 is 5.11 Å². The summed E-state index contributed by atoms with van der Waals surface area (Å²) < 4.78 is 25.5. The minimum Gasteiger partial charge on any atom is -0.481 e. The lowest BCUT2D eigenvalue weighted by Crippen LogP contribution is -2.08. The van der Waals surface area contributed by atoms with Crippen LogP contribution in [0.1, 0.15) is 23.1 Å². The normalized spacial score (nSPS) is 10.8. The molecule has 0 amide bonds. The molecule has 0 unspecified atom stereocenters. The van der Waals surface area contributed by atoms with Crippen LogP contribution in [0.25, 0.3) is 0 Å². The quantitative estimate of drug-likeness (QED) is 0.675. The molecule has 0 aliphatic rings. The zero-order valence-electron chi connectivity index (χ0n) is 7.88. The molecule has 0 saturated heterocycles. The van der Waals surface area contributed by atoms with Crippen molar-refractivity contribution in [1.29, 1.82) is 0 Å². The van der Waals surface area contributed by atoms with Crippen molar-refractivity contribution in [1.82, 2.24) is 4.98 Å². The summed E-state index contributed by atoms with van der Waals surface area (Å²) in [4.78, 5) is 14.2. The maximum Gasteiger partial charge on any atom is 0.307 e. The van der Waals surface area contributed by atoms with Crippen LogP contribution in [-0.4, -0.2) is 16.1 Å². The van der Waals surface area contributed by atoms with Crippen LogP contribution >= 0.6 is 23.2 Å². The molecule has 0 spiro atoms. The molecular formula is C9H7Cl2F2NO2. The number of aromatic nitrogens is 1. The maximum absolute atomic E-state index is 12.8. The average molecular weight is 270 g/mol. The maximum atomic E-state index is 12.8. The fourth-order valence-corrected chi connectivity index (χ4v) is 1.72. The van der Waals surface area contributed by atoms with Gasteiger partial charge in [-0.15, -0.1) is 11.6 Å². The van der Waals surface area contributed by atoms with Crippen LogP contribution in [0.15, 0.2) is 6.20 Å². The highest BCUT2D eigenvalue weighted by atomic mass is 35.5. The molecule has 0 aliphatic heterocycles. The zero-order valence-corrected chi connectivity index (χ0v) is 9.40. The van der Waals surface area contributed by atoms with Gasteiger partial charge in [-0.3, -0.25) is 4.79 Å². The average Bonchev–Trinajstić information content (AvgIpc) is 2.19. The van der Waals surface area contributed by atoms with Crippen LogP contribution in [0.3, 0.4) is 0 Å². The van der Waals surface area contributed by atoms with E-state index >= 15 is 0 Å². The van der Waals surface area contributed by atoms with Crippen LogP contribution in [0.4, 0.5) is 8.78 Å². The van der Waals surface area contributed by atoms with Crippen molar-refractivity contribution in [2.75, 3.05) is 0 Å². The number of alkyl halides is 3. The third-order valence-electron chi connectivity index (χ3n) is 1.94. The van der Waals surface area contributed by atoms with Crippen molar-refractivity contribution in [2.45, 2.75) is 18.7 Å². The van der Waals surface area contributed by atoms with Gasteiger partial charge in [0.05, 0.1) is 6.42 Å². The number of carboxylic acids is 1. The number of carbonyl (C=O) groups is 1. The molecule has 1 N–H and O–H groups in total. The summed E-state index contributed by atoms with van der Waals surface area (Å²) >= 11 is 11.1. The summed E-state index contributed by atoms with van der Waals surface area (Å²) in [6.07, 6.45) is -2.30. The minimum absolute atomic E-state index is 0.0947. The van der Waals surface area contributed by atoms with Crippen LogP contribution in [0.5, 0.6) is 0 Å². The van der Waals surface area contributed by atoms with Crippen molar-refractivity contribution < 1.29 is 18.7 Å². The van der Waals surface area contributed by atoms with Gasteiger partial charge in [0.2, 0.25) is 0 Å². The molecule has 0 aromatic carbocycles. The number of nitrogens with zero attached hydrogens (tertiary/aromatic N) is 1. The fourth-order valence-electron chi connectivity index (χ4n) is 1.28. The van der Waals surface area contributed by atoms with Gasteiger partial charge in [0, 0.05) is 23.2 Å². The Hall–Kier alpha value is -0.940. The lowest BCUT2D eigenvalue weighted by atomic mass is 10.0. The van der Waals surface area contributed by atoms with E-state index in [4.69, 9.17) is 28.3 Å². The summed E-state index contributed by atoms with van der Waals surface area (Å²) in [5, 5.41) is 8.37. The number of pyridine rings is 1. The topological polar surface area (TPSA) is 50.2 Å². The first-order valence-electron chi connectivity index (χ1n) is 4.19. The van der Waals surface area contributed by atoms with Gasteiger partial charge in [0.1, 0.15) is 5.15 Å². The SMILES string of the molecule is O=C(O)Cc1c(Cl)ncc(CCl)c1C(F)F. The molecule has 1 aromatic rings. The summed E-state index contributed by atoms with van der Waals surface area (Å²) in [6, 6.07) is 0. The van der Waals surface area contributed by atoms with Gasteiger partial charge in [-0.2, -0.15) is 0 Å². The summed E-state index contributed by atoms with van der Waals surface area (Å²) in [7, 11) is 0. The van der Waals surface area contributed by atoms with E-state index in [1.807, 2.05) is 0 Å². The number of aliphatic carboxylic acids is 1. The predicted octanol–water partition coefficient (Wildman–Crippen LogP) is 3.04. The Morgan fingerprint density at radius 1 is 1.56 bits per heavy atom. The van der Waals surface area contributed by atoms with E-state index < -0.39 is 24.4 Å². The van der Waals surface area contributed by atoms with Gasteiger partial charge >= 0.3 is 5.97 Å². The Morgan fingerprint density at radius 3 is 2.62 bits per heavy atom. The van der Waals surface area contributed by atoms with Crippen molar-refractivity contribution in [3.8, 4) is 0 Å². The Kier molecular flexibility index (Phi) is 4.44. The fraction of sp³-hybridized carbons (Fsp3) is 0.333. The molecule has 3 nitrogen and oxygen atoms in total. The molecule has 0 radical (unpaired) electrons. The smallest absolute Gasteiger partial charge is 0.307 e. The third kappa shape index (κ3) is 2.80. The molecule has 0 saturated carbocycles. The van der Waals surface area contributed by atoms with Gasteiger partial charge in [-0.1, -0.05) is 11.6 Å². The van der Waals surface area contributed by atoms with Gasteiger partial charge in [-0.05, 0) is 5.56 Å². The predicted molar refractivity (Wildman–Crippen MR) is 55.1 cm³/mol. The van der Waals surface area contributed by atoms with Gasteiger partial charge in [-0.25, -0.2) is 13.8 Å². The van der Waals surface area contributed by atoms with E-state index in [0.717, 1.165) is 6.20 Å². The van der Waals surface area contributed by atoms with Crippen molar-refractivity contribution in [2.24, 2.45) is 0 Å². The Balaban J connectivity index is 3.35. The van der Waals surface area contributed by atoms with E-state index in [9.17, 15) is 13.6 Å². The molecule has 1 aromatic heterocycles. The summed E-state index contributed by atoms with van der Waals surface area (Å²) in [6.45, 7) is 0. The monoisotopic (exact) mass is 269 g/mol. The largest absolute Gasteiger partial charge is 0.481 e. The van der Waals surface area contributed by atoms with E-state index in [1.54, 1.807) is 0 Å². The van der Waals surface area contributed by atoms with Crippen LogP contribution in [0.2, 0.25) is 5.15 Å². The summed E-state index contributed by atoms with van der Waals surface area (Å²) in [5.74, 6) is -1.42. The molecule has 1 rings (SSSR count). The molecule has 0 aliphatic carbocycles.